The van der Waals surface area contributed by atoms with Crippen LogP contribution in [0.25, 0.3) is 44.5 Å². The zero-order valence-electron chi connectivity index (χ0n) is 62.9. The average Bonchev–Trinajstić information content (AvgIpc) is 0.870. The van der Waals surface area contributed by atoms with E-state index in [1.165, 1.54) is 134 Å². The SMILES string of the molecule is Cc1ccc(-c2c(C)cccc2C)cc1.Cc1ccc(-c2cc(C)cc(C)c2)cc1.Cc1ccc(-c2ccccc2)cc1C.Cc1ccc(-c2ccccc2F)cc1.Cc1ccc(C(C)(C)C)cc1.Cc1ccc(C)c(C)c1.Cc1ccc(C)cc1.Cc1ccc([Si](C)(C)C)cc1. The van der Waals surface area contributed by atoms with Crippen LogP contribution in [0.2, 0.25) is 19.6 Å². The summed E-state index contributed by atoms with van der Waals surface area (Å²) in [5.41, 5.74) is 32.5. The lowest BCUT2D eigenvalue weighted by Crippen LogP contribution is -2.37. The van der Waals surface area contributed by atoms with E-state index in [0.29, 0.717) is 5.56 Å². The van der Waals surface area contributed by atoms with Crippen LogP contribution in [-0.2, 0) is 5.41 Å². The van der Waals surface area contributed by atoms with E-state index >= 15 is 0 Å². The Kier molecular flexibility index (Phi) is 31.2. The molecule has 0 N–H and O–H groups in total. The van der Waals surface area contributed by atoms with Crippen LogP contribution in [0.3, 0.4) is 0 Å². The Bertz CT molecular complexity index is 4150. The fraction of sp³-hybridized carbons (Fsp3) is 0.242. The normalized spacial score (nSPS) is 10.4. The first-order valence-electron chi connectivity index (χ1n) is 34.3. The first kappa shape index (κ1) is 78.5. The van der Waals surface area contributed by atoms with Gasteiger partial charge in [0, 0.05) is 5.56 Å². The van der Waals surface area contributed by atoms with Gasteiger partial charge in [-0.3, -0.25) is 0 Å². The highest BCUT2D eigenvalue weighted by Crippen LogP contribution is 2.29. The van der Waals surface area contributed by atoms with E-state index in [0.717, 1.165) is 5.56 Å². The van der Waals surface area contributed by atoms with E-state index in [-0.39, 0.29) is 11.2 Å². The molecule has 0 amide bonds. The van der Waals surface area contributed by atoms with Crippen molar-refractivity contribution >= 4 is 13.3 Å². The predicted molar refractivity (Wildman–Crippen MR) is 431 cm³/mol. The van der Waals surface area contributed by atoms with Crippen LogP contribution < -0.4 is 5.19 Å². The Morgan fingerprint density at radius 1 is 0.237 bits per heavy atom. The second kappa shape index (κ2) is 38.5. The Morgan fingerprint density at radius 2 is 0.588 bits per heavy atom. The summed E-state index contributed by atoms with van der Waals surface area (Å²) in [6, 6.07) is 95.0. The molecule has 0 aromatic heterocycles. The van der Waals surface area contributed by atoms with Crippen LogP contribution in [0.15, 0.2) is 273 Å². The largest absolute Gasteiger partial charge is 0.206 e. The Balaban J connectivity index is 0.000000202. The summed E-state index contributed by atoms with van der Waals surface area (Å²) < 4.78 is 13.4. The van der Waals surface area contributed by atoms with Crippen molar-refractivity contribution in [3.63, 3.8) is 0 Å². The average molecular weight is 1300 g/mol. The highest BCUT2D eigenvalue weighted by atomic mass is 28.3. The van der Waals surface area contributed by atoms with E-state index in [4.69, 9.17) is 0 Å². The molecular weight excluding hydrogens is 1190 g/mol. The topological polar surface area (TPSA) is 0 Å². The lowest BCUT2D eigenvalue weighted by atomic mass is 9.87. The lowest BCUT2D eigenvalue weighted by molar-refractivity contribution is 0.590. The van der Waals surface area contributed by atoms with Gasteiger partial charge in [-0.15, -0.1) is 0 Å². The third-order valence-electron chi connectivity index (χ3n) is 17.0. The van der Waals surface area contributed by atoms with Crippen molar-refractivity contribution in [1.29, 1.82) is 0 Å². The summed E-state index contributed by atoms with van der Waals surface area (Å²) >= 11 is 0. The van der Waals surface area contributed by atoms with Crippen LogP contribution in [0.5, 0.6) is 0 Å². The summed E-state index contributed by atoms with van der Waals surface area (Å²) in [5, 5.41) is 1.54. The van der Waals surface area contributed by atoms with Crippen molar-refractivity contribution in [2.45, 2.75) is 157 Å². The second-order valence-electron chi connectivity index (χ2n) is 28.4. The molecule has 0 aliphatic rings. The van der Waals surface area contributed by atoms with Gasteiger partial charge in [-0.1, -0.05) is 368 Å². The van der Waals surface area contributed by atoms with Gasteiger partial charge in [-0.25, -0.2) is 4.39 Å². The summed E-state index contributed by atoms with van der Waals surface area (Å²) in [6.07, 6.45) is 0. The van der Waals surface area contributed by atoms with Crippen molar-refractivity contribution in [3.05, 3.63) is 373 Å². The molecule has 0 saturated heterocycles. The highest BCUT2D eigenvalue weighted by Gasteiger charge is 2.15. The molecule has 2 heteroatoms. The maximum absolute atomic E-state index is 13.4. The van der Waals surface area contributed by atoms with Crippen molar-refractivity contribution in [3.8, 4) is 44.5 Å². The van der Waals surface area contributed by atoms with E-state index in [1.54, 1.807) is 17.3 Å². The minimum atomic E-state index is -1.06. The van der Waals surface area contributed by atoms with Gasteiger partial charge in [-0.2, -0.15) is 0 Å². The minimum absolute atomic E-state index is 0.170. The Hall–Kier alpha value is -9.21. The van der Waals surface area contributed by atoms with E-state index in [1.807, 2.05) is 43.3 Å². The van der Waals surface area contributed by atoms with E-state index < -0.39 is 8.07 Å². The van der Waals surface area contributed by atoms with Gasteiger partial charge in [-0.05, 0) is 200 Å². The van der Waals surface area contributed by atoms with Crippen molar-refractivity contribution in [1.82, 2.24) is 0 Å². The fourth-order valence-corrected chi connectivity index (χ4v) is 11.7. The molecule has 502 valence electrons. The molecule has 0 saturated carbocycles. The quantitative estimate of drug-likeness (QED) is 0.151. The zero-order chi connectivity index (χ0) is 71.4. The smallest absolute Gasteiger partial charge is 0.131 e. The number of rotatable bonds is 5. The van der Waals surface area contributed by atoms with Gasteiger partial charge < -0.3 is 0 Å². The van der Waals surface area contributed by atoms with Gasteiger partial charge in [0.2, 0.25) is 0 Å². The Morgan fingerprint density at radius 3 is 1.00 bits per heavy atom. The lowest BCUT2D eigenvalue weighted by Gasteiger charge is -2.18. The third kappa shape index (κ3) is 27.8. The van der Waals surface area contributed by atoms with Gasteiger partial charge in [0.1, 0.15) is 5.82 Å². The summed E-state index contributed by atoms with van der Waals surface area (Å²) in [6.45, 7) is 47.8. The zero-order valence-corrected chi connectivity index (χ0v) is 63.9. The molecule has 0 aliphatic carbocycles. The van der Waals surface area contributed by atoms with Crippen LogP contribution in [-0.4, -0.2) is 8.07 Å². The molecule has 0 bridgehead atoms. The van der Waals surface area contributed by atoms with E-state index in [9.17, 15) is 4.39 Å². The van der Waals surface area contributed by atoms with Crippen LogP contribution >= 0.6 is 0 Å². The van der Waals surface area contributed by atoms with Crippen molar-refractivity contribution in [2.75, 3.05) is 0 Å². The summed E-state index contributed by atoms with van der Waals surface area (Å²) in [4.78, 5) is 0. The first-order valence-corrected chi connectivity index (χ1v) is 37.8. The molecule has 0 radical (unpaired) electrons. The maximum Gasteiger partial charge on any atom is 0.131 e. The molecule has 0 heterocycles. The molecule has 0 nitrogen and oxygen atoms in total. The highest BCUT2D eigenvalue weighted by molar-refractivity contribution is 6.88. The molecular formula is C95H111FSi. The number of hydrogen-bond acceptors (Lipinski definition) is 0. The maximum atomic E-state index is 13.4. The minimum Gasteiger partial charge on any atom is -0.206 e. The van der Waals surface area contributed by atoms with Gasteiger partial charge >= 0.3 is 0 Å². The van der Waals surface area contributed by atoms with Crippen LogP contribution in [0.4, 0.5) is 4.39 Å². The van der Waals surface area contributed by atoms with Crippen molar-refractivity contribution < 1.29 is 4.39 Å². The third-order valence-corrected chi connectivity index (χ3v) is 19.1. The first-order chi connectivity index (χ1) is 45.9. The molecule has 0 aliphatic heterocycles. The predicted octanol–water partition coefficient (Wildman–Crippen LogP) is 27.1. The number of halogens is 1. The number of aryl methyl sites for hydroxylation is 16. The van der Waals surface area contributed by atoms with Gasteiger partial charge in [0.25, 0.3) is 0 Å². The molecule has 12 aromatic carbocycles. The van der Waals surface area contributed by atoms with Gasteiger partial charge in [0.15, 0.2) is 0 Å². The van der Waals surface area contributed by atoms with Crippen LogP contribution in [0, 0.1) is 117 Å². The monoisotopic (exact) mass is 1300 g/mol. The molecule has 0 spiro atoms. The Labute approximate surface area is 588 Å². The molecule has 97 heavy (non-hydrogen) atoms. The van der Waals surface area contributed by atoms with Gasteiger partial charge in [0.05, 0.1) is 8.07 Å². The van der Waals surface area contributed by atoms with E-state index in [2.05, 4.69) is 363 Å². The summed E-state index contributed by atoms with van der Waals surface area (Å²) in [5.74, 6) is -0.170. The fourth-order valence-electron chi connectivity index (χ4n) is 10.5. The molecule has 0 fully saturated rings. The second-order valence-corrected chi connectivity index (χ2v) is 33.4. The molecule has 0 atom stereocenters. The molecule has 0 unspecified atom stereocenters. The molecule has 12 aromatic rings. The van der Waals surface area contributed by atoms with Crippen molar-refractivity contribution in [2.24, 2.45) is 0 Å². The summed E-state index contributed by atoms with van der Waals surface area (Å²) in [7, 11) is -1.06. The number of hydrogen-bond donors (Lipinski definition) is 0. The molecule has 12 rings (SSSR count). The van der Waals surface area contributed by atoms with Crippen LogP contribution in [0.1, 0.15) is 115 Å². The standard InChI is InChI=1S/2C15H16.C14H14.C13H11F.C11H16.C10H16Si.C9H12.C8H10/c1-11-4-6-14(7-5-11)15-9-12(2)8-13(3)10-15;1-11-7-9-14(10-8-11)15-12(2)5-4-6-13(15)3;1-11-8-9-14(10-12(11)2)13-6-4-3-5-7-13;1-10-6-8-11(9-7-10)12-4-2-3-5-13(12)14;2*1-9-5-7-10(8-6-9)11(2,3)4;1-7-4-5-8(2)9(3)6-7;1-7-3-5-8(2)6-4-7/h2*4-10H,1-3H3;3-10H,1-2H3;2-9H,1H3;2*5-8H,1-4H3;4-6H,1-3H3;3-6H,1-2H3. The number of benzene rings is 12.